The predicted octanol–water partition coefficient (Wildman–Crippen LogP) is 3.49. The Balaban J connectivity index is 1.41. The Morgan fingerprint density at radius 2 is 1.88 bits per heavy atom. The number of benzene rings is 2. The van der Waals surface area contributed by atoms with Crippen LogP contribution in [0.1, 0.15) is 42.9 Å². The number of nitrogens with zero attached hydrogens (tertiary/aromatic N) is 3. The van der Waals surface area contributed by atoms with Crippen molar-refractivity contribution in [3.63, 3.8) is 0 Å². The number of rotatable bonds is 5. The molecular formula is C24H24FN3O4. The lowest BCUT2D eigenvalue weighted by molar-refractivity contribution is -0.144. The third-order valence-corrected chi connectivity index (χ3v) is 6.33. The minimum atomic E-state index is -0.357. The first-order valence-corrected chi connectivity index (χ1v) is 10.8. The van der Waals surface area contributed by atoms with E-state index in [1.807, 2.05) is 18.2 Å². The zero-order valence-corrected chi connectivity index (χ0v) is 17.8. The van der Waals surface area contributed by atoms with Gasteiger partial charge < -0.3 is 14.4 Å². The maximum atomic E-state index is 13.4. The molecule has 1 unspecified atom stereocenters. The molecule has 1 fully saturated rings. The fourth-order valence-corrected chi connectivity index (χ4v) is 4.26. The fraction of sp³-hybridized carbons (Fsp3) is 0.375. The van der Waals surface area contributed by atoms with Gasteiger partial charge in [0.05, 0.1) is 11.8 Å². The second kappa shape index (κ2) is 8.26. The number of hydrazone groups is 1. The van der Waals surface area contributed by atoms with Crippen molar-refractivity contribution < 1.29 is 23.5 Å². The molecule has 1 atom stereocenters. The monoisotopic (exact) mass is 437 g/mol. The summed E-state index contributed by atoms with van der Waals surface area (Å²) in [5.41, 5.74) is 2.30. The highest BCUT2D eigenvalue weighted by molar-refractivity contribution is 6.03. The van der Waals surface area contributed by atoms with Gasteiger partial charge in [-0.1, -0.05) is 24.6 Å². The minimum absolute atomic E-state index is 0.00571. The van der Waals surface area contributed by atoms with E-state index in [4.69, 9.17) is 9.47 Å². The molecule has 166 valence electrons. The SMILES string of the molecule is CN(CC(=O)N1N=C(c2ccc(F)cc2)CC1c1ccc2c(c1)OCO2)C(=O)C1CCC1. The number of ether oxygens (including phenoxy) is 2. The lowest BCUT2D eigenvalue weighted by Crippen LogP contribution is -2.42. The molecule has 32 heavy (non-hydrogen) atoms. The highest BCUT2D eigenvalue weighted by Crippen LogP contribution is 2.39. The van der Waals surface area contributed by atoms with Crippen molar-refractivity contribution in [3.8, 4) is 11.5 Å². The van der Waals surface area contributed by atoms with Gasteiger partial charge in [0.15, 0.2) is 11.5 Å². The standard InChI is InChI=1S/C24H24FN3O4/c1-27(24(30)16-3-2-4-16)13-23(29)28-20(17-7-10-21-22(11-17)32-14-31-21)12-19(26-28)15-5-8-18(25)9-6-15/h5-11,16,20H,2-4,12-14H2,1H3. The van der Waals surface area contributed by atoms with Gasteiger partial charge in [0.25, 0.3) is 5.91 Å². The second-order valence-corrected chi connectivity index (χ2v) is 8.45. The molecule has 0 N–H and O–H groups in total. The normalized spacial score (nSPS) is 19.5. The van der Waals surface area contributed by atoms with Crippen LogP contribution in [0.25, 0.3) is 0 Å². The lowest BCUT2D eigenvalue weighted by Gasteiger charge is -2.30. The van der Waals surface area contributed by atoms with Crippen LogP contribution < -0.4 is 9.47 Å². The highest BCUT2D eigenvalue weighted by Gasteiger charge is 2.36. The molecule has 8 heteroatoms. The molecule has 2 aliphatic heterocycles. The zero-order valence-electron chi connectivity index (χ0n) is 17.8. The molecule has 1 saturated carbocycles. The molecule has 2 amide bonds. The van der Waals surface area contributed by atoms with E-state index in [1.54, 1.807) is 19.2 Å². The van der Waals surface area contributed by atoms with Crippen LogP contribution in [-0.4, -0.2) is 47.8 Å². The maximum Gasteiger partial charge on any atom is 0.262 e. The van der Waals surface area contributed by atoms with Gasteiger partial charge in [-0.3, -0.25) is 9.59 Å². The van der Waals surface area contributed by atoms with Crippen molar-refractivity contribution in [2.45, 2.75) is 31.7 Å². The third-order valence-electron chi connectivity index (χ3n) is 6.33. The van der Waals surface area contributed by atoms with E-state index in [0.717, 1.165) is 30.4 Å². The van der Waals surface area contributed by atoms with Crippen molar-refractivity contribution >= 4 is 17.5 Å². The van der Waals surface area contributed by atoms with Gasteiger partial charge in [-0.25, -0.2) is 9.40 Å². The molecule has 2 heterocycles. The first-order valence-electron chi connectivity index (χ1n) is 10.8. The molecule has 1 aliphatic carbocycles. The fourth-order valence-electron chi connectivity index (χ4n) is 4.26. The minimum Gasteiger partial charge on any atom is -0.454 e. The van der Waals surface area contributed by atoms with Crippen LogP contribution in [-0.2, 0) is 9.59 Å². The molecule has 7 nitrogen and oxygen atoms in total. The summed E-state index contributed by atoms with van der Waals surface area (Å²) in [5.74, 6) is 0.724. The van der Waals surface area contributed by atoms with Gasteiger partial charge >= 0.3 is 0 Å². The number of carbonyl (C=O) groups excluding carboxylic acids is 2. The molecule has 2 aromatic carbocycles. The number of fused-ring (bicyclic) bond motifs is 1. The van der Waals surface area contributed by atoms with Gasteiger partial charge in [-0.2, -0.15) is 5.10 Å². The van der Waals surface area contributed by atoms with Crippen LogP contribution in [0.5, 0.6) is 11.5 Å². The number of carbonyl (C=O) groups is 2. The van der Waals surface area contributed by atoms with Gasteiger partial charge in [0.1, 0.15) is 12.4 Å². The van der Waals surface area contributed by atoms with E-state index in [2.05, 4.69) is 5.10 Å². The first-order chi connectivity index (χ1) is 15.5. The summed E-state index contributed by atoms with van der Waals surface area (Å²) in [6.07, 6.45) is 3.29. The number of hydrogen-bond acceptors (Lipinski definition) is 5. The largest absolute Gasteiger partial charge is 0.454 e. The predicted molar refractivity (Wildman–Crippen MR) is 115 cm³/mol. The smallest absolute Gasteiger partial charge is 0.262 e. The molecule has 2 aromatic rings. The van der Waals surface area contributed by atoms with E-state index in [0.29, 0.717) is 23.6 Å². The molecule has 5 rings (SSSR count). The molecule has 0 spiro atoms. The number of likely N-dealkylation sites (N-methyl/N-ethyl adjacent to an activating group) is 1. The Morgan fingerprint density at radius 1 is 1.12 bits per heavy atom. The molecule has 0 aromatic heterocycles. The summed E-state index contributed by atoms with van der Waals surface area (Å²) in [4.78, 5) is 27.3. The molecule has 0 bridgehead atoms. The number of hydrogen-bond donors (Lipinski definition) is 0. The average molecular weight is 437 g/mol. The summed E-state index contributed by atoms with van der Waals surface area (Å²) in [7, 11) is 1.66. The third kappa shape index (κ3) is 3.81. The maximum absolute atomic E-state index is 13.4. The summed E-state index contributed by atoms with van der Waals surface area (Å²) in [5, 5.41) is 6.04. The van der Waals surface area contributed by atoms with E-state index in [1.165, 1.54) is 22.0 Å². The zero-order chi connectivity index (χ0) is 22.2. The Morgan fingerprint density at radius 3 is 2.59 bits per heavy atom. The van der Waals surface area contributed by atoms with Crippen LogP contribution in [0.2, 0.25) is 0 Å². The average Bonchev–Trinajstić information content (AvgIpc) is 3.39. The highest BCUT2D eigenvalue weighted by atomic mass is 19.1. The van der Waals surface area contributed by atoms with Gasteiger partial charge in [-0.15, -0.1) is 0 Å². The van der Waals surface area contributed by atoms with Crippen LogP contribution in [0.3, 0.4) is 0 Å². The summed E-state index contributed by atoms with van der Waals surface area (Å²) in [6.45, 7) is 0.119. The number of amides is 2. The topological polar surface area (TPSA) is 71.4 Å². The van der Waals surface area contributed by atoms with Gasteiger partial charge in [0.2, 0.25) is 12.7 Å². The summed E-state index contributed by atoms with van der Waals surface area (Å²) >= 11 is 0. The second-order valence-electron chi connectivity index (χ2n) is 8.45. The van der Waals surface area contributed by atoms with Crippen molar-refractivity contribution in [1.82, 2.24) is 9.91 Å². The van der Waals surface area contributed by atoms with Crippen LogP contribution >= 0.6 is 0 Å². The summed E-state index contributed by atoms with van der Waals surface area (Å²) in [6, 6.07) is 11.3. The van der Waals surface area contributed by atoms with Crippen molar-refractivity contribution in [2.24, 2.45) is 11.0 Å². The van der Waals surface area contributed by atoms with E-state index >= 15 is 0 Å². The Labute approximate surface area is 185 Å². The quantitative estimate of drug-likeness (QED) is 0.718. The molecule has 0 saturated heterocycles. The number of halogens is 1. The van der Waals surface area contributed by atoms with Crippen molar-refractivity contribution in [1.29, 1.82) is 0 Å². The van der Waals surface area contributed by atoms with Crippen LogP contribution in [0.4, 0.5) is 4.39 Å². The molecule has 3 aliphatic rings. The van der Waals surface area contributed by atoms with Crippen LogP contribution in [0.15, 0.2) is 47.6 Å². The first kappa shape index (κ1) is 20.5. The Bertz CT molecular complexity index is 1080. The summed E-state index contributed by atoms with van der Waals surface area (Å²) < 4.78 is 24.3. The van der Waals surface area contributed by atoms with Crippen molar-refractivity contribution in [2.75, 3.05) is 20.4 Å². The van der Waals surface area contributed by atoms with E-state index in [-0.39, 0.29) is 42.9 Å². The lowest BCUT2D eigenvalue weighted by atomic mass is 9.84. The Hall–Kier alpha value is -3.42. The Kier molecular flexibility index (Phi) is 5.28. The van der Waals surface area contributed by atoms with Crippen molar-refractivity contribution in [3.05, 3.63) is 59.4 Å². The van der Waals surface area contributed by atoms with Crippen LogP contribution in [0, 0.1) is 11.7 Å². The van der Waals surface area contributed by atoms with Gasteiger partial charge in [-0.05, 0) is 48.2 Å². The molecular weight excluding hydrogens is 413 g/mol. The van der Waals surface area contributed by atoms with Gasteiger partial charge in [0, 0.05) is 19.4 Å². The van der Waals surface area contributed by atoms with E-state index in [9.17, 15) is 14.0 Å². The molecule has 0 radical (unpaired) electrons. The van der Waals surface area contributed by atoms with E-state index < -0.39 is 0 Å².